The van der Waals surface area contributed by atoms with E-state index in [0.29, 0.717) is 5.13 Å². The second-order valence-corrected chi connectivity index (χ2v) is 7.86. The summed E-state index contributed by atoms with van der Waals surface area (Å²) in [5.41, 5.74) is 4.97. The smallest absolute Gasteiger partial charge is 0.232 e. The maximum absolute atomic E-state index is 12.3. The molecule has 0 atom stereocenters. The molecule has 1 amide bonds. The van der Waals surface area contributed by atoms with E-state index < -0.39 is 0 Å². The minimum absolute atomic E-state index is 0.107. The van der Waals surface area contributed by atoms with Crippen LogP contribution in [-0.4, -0.2) is 15.9 Å². The van der Waals surface area contributed by atoms with E-state index >= 15 is 0 Å². The summed E-state index contributed by atoms with van der Waals surface area (Å²) in [4.78, 5) is 21.4. The quantitative estimate of drug-likeness (QED) is 0.494. The van der Waals surface area contributed by atoms with Gasteiger partial charge in [0, 0.05) is 21.9 Å². The van der Waals surface area contributed by atoms with Gasteiger partial charge in [0.25, 0.3) is 0 Å². The van der Waals surface area contributed by atoms with Gasteiger partial charge in [0.2, 0.25) is 5.91 Å². The molecule has 0 radical (unpaired) electrons. The molecule has 1 N–H and O–H groups in total. The van der Waals surface area contributed by atoms with E-state index in [4.69, 9.17) is 0 Å². The molecule has 4 rings (SSSR count). The van der Waals surface area contributed by atoms with Crippen LogP contribution in [-0.2, 0) is 11.2 Å². The molecule has 0 aliphatic rings. The Balaban J connectivity index is 1.40. The molecule has 27 heavy (non-hydrogen) atoms. The van der Waals surface area contributed by atoms with E-state index in [1.165, 1.54) is 16.9 Å². The Bertz CT molecular complexity index is 1050. The van der Waals surface area contributed by atoms with E-state index in [9.17, 15) is 4.79 Å². The summed E-state index contributed by atoms with van der Waals surface area (Å²) in [6, 6.07) is 18.2. The molecule has 0 spiro atoms. The highest BCUT2D eigenvalue weighted by Crippen LogP contribution is 2.26. The molecule has 0 aliphatic carbocycles. The Morgan fingerprint density at radius 1 is 0.926 bits per heavy atom. The average molecular weight is 392 g/mol. The van der Waals surface area contributed by atoms with Crippen molar-refractivity contribution in [2.75, 3.05) is 5.32 Å². The van der Waals surface area contributed by atoms with Crippen LogP contribution in [0.5, 0.6) is 0 Å². The highest BCUT2D eigenvalue weighted by atomic mass is 32.1. The average Bonchev–Trinajstić information content (AvgIpc) is 3.33. The fourth-order valence-corrected chi connectivity index (χ4v) is 4.18. The largest absolute Gasteiger partial charge is 0.302 e. The van der Waals surface area contributed by atoms with Gasteiger partial charge in [0.15, 0.2) is 5.13 Å². The van der Waals surface area contributed by atoms with E-state index in [2.05, 4.69) is 46.5 Å². The molecule has 2 aromatic carbocycles. The lowest BCUT2D eigenvalue weighted by molar-refractivity contribution is -0.115. The predicted molar refractivity (Wildman–Crippen MR) is 112 cm³/mol. The minimum atomic E-state index is -0.107. The van der Waals surface area contributed by atoms with Crippen LogP contribution in [0.25, 0.3) is 21.8 Å². The second-order valence-electron chi connectivity index (χ2n) is 6.14. The number of carbonyl (C=O) groups excluding carboxylic acids is 1. The molecule has 0 saturated carbocycles. The Kier molecular flexibility index (Phi) is 5.09. The highest BCUT2D eigenvalue weighted by Gasteiger charge is 2.11. The van der Waals surface area contributed by atoms with Gasteiger partial charge in [-0.1, -0.05) is 60.2 Å². The van der Waals surface area contributed by atoms with Crippen molar-refractivity contribution in [3.05, 3.63) is 76.6 Å². The standard InChI is InChI=1S/C21H17N3OS2/c1-14-7-9-16(10-8-14)20-22-17(12-26-20)11-19(25)24-21-23-18(13-27-21)15-5-3-2-4-6-15/h2-10,12-13H,11H2,1H3,(H,23,24,25). The third kappa shape index (κ3) is 4.30. The lowest BCUT2D eigenvalue weighted by atomic mass is 10.2. The van der Waals surface area contributed by atoms with Crippen LogP contribution in [0.2, 0.25) is 0 Å². The minimum Gasteiger partial charge on any atom is -0.302 e. The summed E-state index contributed by atoms with van der Waals surface area (Å²) < 4.78 is 0. The van der Waals surface area contributed by atoms with Crippen molar-refractivity contribution < 1.29 is 4.79 Å². The third-order valence-corrected chi connectivity index (χ3v) is 5.71. The van der Waals surface area contributed by atoms with Gasteiger partial charge in [-0.2, -0.15) is 0 Å². The van der Waals surface area contributed by atoms with Crippen molar-refractivity contribution >= 4 is 33.7 Å². The number of aromatic nitrogens is 2. The summed E-state index contributed by atoms with van der Waals surface area (Å²) in [5.74, 6) is -0.107. The molecule has 0 fully saturated rings. The van der Waals surface area contributed by atoms with Crippen LogP contribution in [0.4, 0.5) is 5.13 Å². The number of anilines is 1. The van der Waals surface area contributed by atoms with Crippen molar-refractivity contribution in [1.29, 1.82) is 0 Å². The molecule has 0 aliphatic heterocycles. The first-order valence-electron chi connectivity index (χ1n) is 8.49. The molecule has 6 heteroatoms. The molecule has 0 unspecified atom stereocenters. The maximum atomic E-state index is 12.3. The summed E-state index contributed by atoms with van der Waals surface area (Å²) in [7, 11) is 0. The third-order valence-electron chi connectivity index (χ3n) is 4.01. The fourth-order valence-electron chi connectivity index (χ4n) is 2.62. The zero-order valence-electron chi connectivity index (χ0n) is 14.7. The first kappa shape index (κ1) is 17.6. The predicted octanol–water partition coefficient (Wildman–Crippen LogP) is 5.42. The van der Waals surface area contributed by atoms with Gasteiger partial charge in [0.1, 0.15) is 5.01 Å². The number of nitrogens with one attached hydrogen (secondary N) is 1. The molecule has 2 aromatic heterocycles. The van der Waals surface area contributed by atoms with Crippen LogP contribution in [0, 0.1) is 6.92 Å². The molecule has 134 valence electrons. The SMILES string of the molecule is Cc1ccc(-c2nc(CC(=O)Nc3nc(-c4ccccc4)cs3)cs2)cc1. The molecule has 4 aromatic rings. The molecular weight excluding hydrogens is 374 g/mol. The summed E-state index contributed by atoms with van der Waals surface area (Å²) in [6.07, 6.45) is 0.239. The number of aryl methyl sites for hydroxylation is 1. The van der Waals surface area contributed by atoms with Crippen LogP contribution < -0.4 is 5.32 Å². The Labute approximate surface area is 165 Å². The van der Waals surface area contributed by atoms with E-state index in [0.717, 1.165) is 27.5 Å². The second kappa shape index (κ2) is 7.82. The van der Waals surface area contributed by atoms with E-state index in [-0.39, 0.29) is 12.3 Å². The monoisotopic (exact) mass is 391 g/mol. The lowest BCUT2D eigenvalue weighted by Gasteiger charge is -2.00. The van der Waals surface area contributed by atoms with Gasteiger partial charge >= 0.3 is 0 Å². The highest BCUT2D eigenvalue weighted by molar-refractivity contribution is 7.14. The number of hydrogen-bond acceptors (Lipinski definition) is 5. The fraction of sp³-hybridized carbons (Fsp3) is 0.0952. The summed E-state index contributed by atoms with van der Waals surface area (Å²) in [5, 5.41) is 8.29. The van der Waals surface area contributed by atoms with E-state index in [1.807, 2.05) is 41.1 Å². The Hall–Kier alpha value is -2.83. The van der Waals surface area contributed by atoms with Crippen molar-refractivity contribution in [2.45, 2.75) is 13.3 Å². The van der Waals surface area contributed by atoms with Gasteiger partial charge in [-0.25, -0.2) is 9.97 Å². The first-order valence-corrected chi connectivity index (χ1v) is 10.3. The van der Waals surface area contributed by atoms with Crippen molar-refractivity contribution in [1.82, 2.24) is 9.97 Å². The number of benzene rings is 2. The van der Waals surface area contributed by atoms with Gasteiger partial charge < -0.3 is 5.32 Å². The molecule has 0 bridgehead atoms. The van der Waals surface area contributed by atoms with Crippen LogP contribution in [0.3, 0.4) is 0 Å². The maximum Gasteiger partial charge on any atom is 0.232 e. The van der Waals surface area contributed by atoms with Gasteiger partial charge in [-0.3, -0.25) is 4.79 Å². The molecule has 4 nitrogen and oxygen atoms in total. The first-order chi connectivity index (χ1) is 13.2. The van der Waals surface area contributed by atoms with Crippen LogP contribution in [0.15, 0.2) is 65.4 Å². The Morgan fingerprint density at radius 2 is 1.70 bits per heavy atom. The Morgan fingerprint density at radius 3 is 2.48 bits per heavy atom. The van der Waals surface area contributed by atoms with Crippen molar-refractivity contribution in [3.8, 4) is 21.8 Å². The lowest BCUT2D eigenvalue weighted by Crippen LogP contribution is -2.14. The molecule has 2 heterocycles. The molecular formula is C21H17N3OS2. The summed E-state index contributed by atoms with van der Waals surface area (Å²) >= 11 is 2.98. The number of carbonyl (C=O) groups is 1. The normalized spacial score (nSPS) is 10.7. The van der Waals surface area contributed by atoms with Gasteiger partial charge in [-0.05, 0) is 6.92 Å². The van der Waals surface area contributed by atoms with E-state index in [1.54, 1.807) is 11.3 Å². The number of thiazole rings is 2. The van der Waals surface area contributed by atoms with Crippen LogP contribution in [0.1, 0.15) is 11.3 Å². The number of amides is 1. The van der Waals surface area contributed by atoms with Crippen molar-refractivity contribution in [3.63, 3.8) is 0 Å². The van der Waals surface area contributed by atoms with Gasteiger partial charge in [0.05, 0.1) is 17.8 Å². The van der Waals surface area contributed by atoms with Crippen molar-refractivity contribution in [2.24, 2.45) is 0 Å². The number of hydrogen-bond donors (Lipinski definition) is 1. The number of nitrogens with zero attached hydrogens (tertiary/aromatic N) is 2. The van der Waals surface area contributed by atoms with Crippen LogP contribution >= 0.6 is 22.7 Å². The summed E-state index contributed by atoms with van der Waals surface area (Å²) in [6.45, 7) is 2.06. The topological polar surface area (TPSA) is 54.9 Å². The zero-order chi connectivity index (χ0) is 18.6. The van der Waals surface area contributed by atoms with Gasteiger partial charge in [-0.15, -0.1) is 22.7 Å². The number of rotatable bonds is 5. The zero-order valence-corrected chi connectivity index (χ0v) is 16.3. The molecule has 0 saturated heterocycles.